The van der Waals surface area contributed by atoms with Crippen molar-refractivity contribution < 1.29 is 14.3 Å². The third-order valence-electron chi connectivity index (χ3n) is 5.15. The fraction of sp³-hybridized carbons (Fsp3) is 0.944. The second-order valence-electron chi connectivity index (χ2n) is 7.73. The standard InChI is InChI=1S/C18H33NO3/c1-12(2)16-7-6-13(3)8-17(16)21-11-18(20)19-9-14(4)22-15(5)10-19/h12-17H,6-11H2,1-5H3/t13-,14-,15+,16+,17-/m0/s1. The Balaban J connectivity index is 1.86. The Kier molecular flexibility index (Phi) is 6.27. The minimum atomic E-state index is 0.114. The van der Waals surface area contributed by atoms with Gasteiger partial charge in [0.25, 0.3) is 0 Å². The molecule has 2 fully saturated rings. The van der Waals surface area contributed by atoms with Crippen LogP contribution in [-0.2, 0) is 14.3 Å². The summed E-state index contributed by atoms with van der Waals surface area (Å²) in [7, 11) is 0. The molecule has 1 amide bonds. The molecule has 1 saturated heterocycles. The van der Waals surface area contributed by atoms with E-state index in [4.69, 9.17) is 9.47 Å². The van der Waals surface area contributed by atoms with Gasteiger partial charge in [-0.2, -0.15) is 0 Å². The number of carbonyl (C=O) groups excluding carboxylic acids is 1. The van der Waals surface area contributed by atoms with Crippen LogP contribution in [0.4, 0.5) is 0 Å². The van der Waals surface area contributed by atoms with E-state index < -0.39 is 0 Å². The predicted octanol–water partition coefficient (Wildman–Crippen LogP) is 3.10. The SMILES string of the molecule is CC(C)[C@H]1CC[C@H](C)C[C@@H]1OCC(=O)N1C[C@@H](C)O[C@@H](C)C1. The Morgan fingerprint density at radius 2 is 1.82 bits per heavy atom. The number of ether oxygens (including phenoxy) is 2. The quantitative estimate of drug-likeness (QED) is 0.801. The molecule has 2 rings (SSSR count). The van der Waals surface area contributed by atoms with Gasteiger partial charge in [-0.25, -0.2) is 0 Å². The van der Waals surface area contributed by atoms with E-state index in [1.54, 1.807) is 0 Å². The Morgan fingerprint density at radius 3 is 2.41 bits per heavy atom. The van der Waals surface area contributed by atoms with Crippen LogP contribution in [0.1, 0.15) is 53.9 Å². The fourth-order valence-electron chi connectivity index (χ4n) is 3.96. The Bertz CT molecular complexity index is 361. The zero-order chi connectivity index (χ0) is 16.3. The van der Waals surface area contributed by atoms with Crippen LogP contribution in [0.15, 0.2) is 0 Å². The maximum absolute atomic E-state index is 12.4. The molecule has 0 aromatic heterocycles. The number of morpholine rings is 1. The highest BCUT2D eigenvalue weighted by Gasteiger charge is 2.33. The monoisotopic (exact) mass is 311 g/mol. The molecule has 0 unspecified atom stereocenters. The maximum Gasteiger partial charge on any atom is 0.248 e. The van der Waals surface area contributed by atoms with Crippen LogP contribution in [-0.4, -0.2) is 48.8 Å². The van der Waals surface area contributed by atoms with E-state index in [2.05, 4.69) is 20.8 Å². The molecule has 22 heavy (non-hydrogen) atoms. The van der Waals surface area contributed by atoms with Crippen molar-refractivity contribution in [1.29, 1.82) is 0 Å². The molecule has 0 spiro atoms. The Hall–Kier alpha value is -0.610. The van der Waals surface area contributed by atoms with Crippen molar-refractivity contribution in [3.05, 3.63) is 0 Å². The average Bonchev–Trinajstić information content (AvgIpc) is 2.43. The highest BCUT2D eigenvalue weighted by Crippen LogP contribution is 2.35. The van der Waals surface area contributed by atoms with Crippen molar-refractivity contribution in [2.24, 2.45) is 17.8 Å². The maximum atomic E-state index is 12.4. The van der Waals surface area contributed by atoms with Crippen molar-refractivity contribution in [2.45, 2.75) is 72.2 Å². The molecular formula is C18H33NO3. The molecule has 4 nitrogen and oxygen atoms in total. The summed E-state index contributed by atoms with van der Waals surface area (Å²) in [5, 5.41) is 0. The number of nitrogens with zero attached hydrogens (tertiary/aromatic N) is 1. The molecule has 2 aliphatic rings. The molecule has 128 valence electrons. The van der Waals surface area contributed by atoms with Crippen LogP contribution in [0.5, 0.6) is 0 Å². The number of amides is 1. The normalized spacial score (nSPS) is 36.6. The van der Waals surface area contributed by atoms with Crippen LogP contribution in [0.3, 0.4) is 0 Å². The molecule has 5 atom stereocenters. The van der Waals surface area contributed by atoms with E-state index in [9.17, 15) is 4.79 Å². The first-order valence-corrected chi connectivity index (χ1v) is 8.91. The van der Waals surface area contributed by atoms with Gasteiger partial charge in [0.2, 0.25) is 5.91 Å². The largest absolute Gasteiger partial charge is 0.372 e. The second-order valence-corrected chi connectivity index (χ2v) is 7.73. The first-order chi connectivity index (χ1) is 10.4. The summed E-state index contributed by atoms with van der Waals surface area (Å²) in [6.45, 7) is 12.5. The molecule has 0 radical (unpaired) electrons. The lowest BCUT2D eigenvalue weighted by molar-refractivity contribution is -0.152. The summed E-state index contributed by atoms with van der Waals surface area (Å²) >= 11 is 0. The van der Waals surface area contributed by atoms with Crippen molar-refractivity contribution in [1.82, 2.24) is 4.90 Å². The fourth-order valence-corrected chi connectivity index (χ4v) is 3.96. The first kappa shape index (κ1) is 17.7. The summed E-state index contributed by atoms with van der Waals surface area (Å²) in [6, 6.07) is 0. The van der Waals surface area contributed by atoms with Gasteiger partial charge in [-0.1, -0.05) is 27.2 Å². The number of rotatable bonds is 4. The zero-order valence-corrected chi connectivity index (χ0v) is 14.9. The van der Waals surface area contributed by atoms with Gasteiger partial charge in [0.15, 0.2) is 0 Å². The molecule has 0 N–H and O–H groups in total. The van der Waals surface area contributed by atoms with E-state index in [1.807, 2.05) is 18.7 Å². The van der Waals surface area contributed by atoms with Crippen LogP contribution < -0.4 is 0 Å². The second kappa shape index (κ2) is 7.78. The van der Waals surface area contributed by atoms with Crippen molar-refractivity contribution in [3.63, 3.8) is 0 Å². The van der Waals surface area contributed by atoms with Crippen LogP contribution in [0, 0.1) is 17.8 Å². The Morgan fingerprint density at radius 1 is 1.18 bits per heavy atom. The summed E-state index contributed by atoms with van der Waals surface area (Å²) in [5.74, 6) is 2.03. The minimum Gasteiger partial charge on any atom is -0.372 e. The van der Waals surface area contributed by atoms with Gasteiger partial charge >= 0.3 is 0 Å². The van der Waals surface area contributed by atoms with Crippen molar-refractivity contribution in [2.75, 3.05) is 19.7 Å². The number of hydrogen-bond acceptors (Lipinski definition) is 3. The van der Waals surface area contributed by atoms with Crippen LogP contribution in [0.25, 0.3) is 0 Å². The van der Waals surface area contributed by atoms with E-state index in [1.165, 1.54) is 12.8 Å². The van der Waals surface area contributed by atoms with E-state index in [0.29, 0.717) is 30.8 Å². The van der Waals surface area contributed by atoms with Gasteiger partial charge in [-0.3, -0.25) is 4.79 Å². The zero-order valence-electron chi connectivity index (χ0n) is 14.9. The smallest absolute Gasteiger partial charge is 0.248 e. The first-order valence-electron chi connectivity index (χ1n) is 8.91. The van der Waals surface area contributed by atoms with E-state index >= 15 is 0 Å². The van der Waals surface area contributed by atoms with Gasteiger partial charge in [-0.05, 0) is 44.4 Å². The third kappa shape index (κ3) is 4.69. The average molecular weight is 311 g/mol. The summed E-state index contributed by atoms with van der Waals surface area (Å²) < 4.78 is 11.8. The lowest BCUT2D eigenvalue weighted by atomic mass is 9.75. The summed E-state index contributed by atoms with van der Waals surface area (Å²) in [4.78, 5) is 14.3. The van der Waals surface area contributed by atoms with Crippen LogP contribution in [0.2, 0.25) is 0 Å². The molecule has 0 bridgehead atoms. The molecule has 1 heterocycles. The van der Waals surface area contributed by atoms with E-state index in [-0.39, 0.29) is 30.8 Å². The van der Waals surface area contributed by atoms with Gasteiger partial charge < -0.3 is 14.4 Å². The Labute approximate surface area is 135 Å². The lowest BCUT2D eigenvalue weighted by Gasteiger charge is -2.38. The molecule has 0 aromatic rings. The van der Waals surface area contributed by atoms with Gasteiger partial charge in [-0.15, -0.1) is 0 Å². The number of hydrogen-bond donors (Lipinski definition) is 0. The van der Waals surface area contributed by atoms with E-state index in [0.717, 1.165) is 6.42 Å². The topological polar surface area (TPSA) is 38.8 Å². The number of carbonyl (C=O) groups is 1. The molecule has 1 aliphatic heterocycles. The highest BCUT2D eigenvalue weighted by molar-refractivity contribution is 5.77. The van der Waals surface area contributed by atoms with Crippen molar-refractivity contribution >= 4 is 5.91 Å². The molecule has 0 aromatic carbocycles. The summed E-state index contributed by atoms with van der Waals surface area (Å²) in [5.41, 5.74) is 0. The van der Waals surface area contributed by atoms with Crippen LogP contribution >= 0.6 is 0 Å². The predicted molar refractivity (Wildman–Crippen MR) is 87.7 cm³/mol. The molecule has 4 heteroatoms. The van der Waals surface area contributed by atoms with Gasteiger partial charge in [0.1, 0.15) is 6.61 Å². The molecular weight excluding hydrogens is 278 g/mol. The molecule has 1 aliphatic carbocycles. The third-order valence-corrected chi connectivity index (χ3v) is 5.15. The van der Waals surface area contributed by atoms with Gasteiger partial charge in [0, 0.05) is 13.1 Å². The highest BCUT2D eigenvalue weighted by atomic mass is 16.5. The summed E-state index contributed by atoms with van der Waals surface area (Å²) in [6.07, 6.45) is 4.07. The minimum absolute atomic E-state index is 0.114. The van der Waals surface area contributed by atoms with Gasteiger partial charge in [0.05, 0.1) is 18.3 Å². The van der Waals surface area contributed by atoms with Crippen molar-refractivity contribution in [3.8, 4) is 0 Å². The molecule has 1 saturated carbocycles. The lowest BCUT2D eigenvalue weighted by Crippen LogP contribution is -2.49.